The van der Waals surface area contributed by atoms with Crippen LogP contribution in [0.15, 0.2) is 11.6 Å². The summed E-state index contributed by atoms with van der Waals surface area (Å²) in [6.45, 7) is 1.05. The van der Waals surface area contributed by atoms with Gasteiger partial charge in [0, 0.05) is 0 Å². The van der Waals surface area contributed by atoms with Gasteiger partial charge in [-0.15, -0.1) is 0 Å². The van der Waals surface area contributed by atoms with Crippen LogP contribution in [0.3, 0.4) is 0 Å². The summed E-state index contributed by atoms with van der Waals surface area (Å²) in [6.07, 6.45) is 2.50. The normalized spacial score (nSPS) is 17.2. The average molecular weight is 228 g/mol. The lowest BCUT2D eigenvalue weighted by atomic mass is 9.92. The molecule has 1 atom stereocenters. The maximum atomic E-state index is 11.6. The molecule has 5 nitrogen and oxygen atoms in total. The first-order chi connectivity index (χ1) is 7.69. The fourth-order valence-corrected chi connectivity index (χ4v) is 1.62. The standard InChI is InChI=1S/C11H16O5/c1-14-10(12)7-9(11(13)15-2)8-3-5-16-6-4-8/h3,9H,4-7H2,1-2H3/t9-/m1/s1. The molecule has 1 heterocycles. The van der Waals surface area contributed by atoms with E-state index in [-0.39, 0.29) is 6.42 Å². The summed E-state index contributed by atoms with van der Waals surface area (Å²) in [4.78, 5) is 22.7. The molecule has 0 aromatic rings. The van der Waals surface area contributed by atoms with Crippen LogP contribution < -0.4 is 0 Å². The zero-order chi connectivity index (χ0) is 12.0. The van der Waals surface area contributed by atoms with Gasteiger partial charge in [-0.25, -0.2) is 0 Å². The molecule has 0 spiro atoms. The van der Waals surface area contributed by atoms with Gasteiger partial charge in [-0.2, -0.15) is 0 Å². The maximum Gasteiger partial charge on any atom is 0.313 e. The smallest absolute Gasteiger partial charge is 0.313 e. The second-order valence-corrected chi connectivity index (χ2v) is 3.46. The molecular formula is C11H16O5. The Morgan fingerprint density at radius 3 is 2.69 bits per heavy atom. The van der Waals surface area contributed by atoms with Gasteiger partial charge in [0.25, 0.3) is 0 Å². The summed E-state index contributed by atoms with van der Waals surface area (Å²) in [6, 6.07) is 0. The summed E-state index contributed by atoms with van der Waals surface area (Å²) >= 11 is 0. The summed E-state index contributed by atoms with van der Waals surface area (Å²) in [7, 11) is 2.61. The fourth-order valence-electron chi connectivity index (χ4n) is 1.62. The molecule has 0 aromatic heterocycles. The molecule has 0 unspecified atom stereocenters. The molecule has 0 aromatic carbocycles. The monoisotopic (exact) mass is 228 g/mol. The van der Waals surface area contributed by atoms with Crippen LogP contribution >= 0.6 is 0 Å². The number of methoxy groups -OCH3 is 2. The molecule has 0 amide bonds. The molecule has 1 rings (SSSR count). The predicted molar refractivity (Wildman–Crippen MR) is 55.7 cm³/mol. The number of hydrogen-bond acceptors (Lipinski definition) is 5. The van der Waals surface area contributed by atoms with Crippen molar-refractivity contribution in [3.05, 3.63) is 11.6 Å². The van der Waals surface area contributed by atoms with E-state index < -0.39 is 17.9 Å². The van der Waals surface area contributed by atoms with Crippen molar-refractivity contribution >= 4 is 11.9 Å². The highest BCUT2D eigenvalue weighted by Gasteiger charge is 2.27. The van der Waals surface area contributed by atoms with Crippen molar-refractivity contribution in [3.8, 4) is 0 Å². The molecule has 1 aliphatic heterocycles. The van der Waals surface area contributed by atoms with Crippen molar-refractivity contribution in [1.29, 1.82) is 0 Å². The number of rotatable bonds is 4. The molecule has 0 saturated heterocycles. The predicted octanol–water partition coefficient (Wildman–Crippen LogP) is 0.685. The Bertz CT molecular complexity index is 295. The van der Waals surface area contributed by atoms with Gasteiger partial charge in [0.1, 0.15) is 0 Å². The van der Waals surface area contributed by atoms with Crippen LogP contribution in [0, 0.1) is 5.92 Å². The number of carbonyl (C=O) groups is 2. The Kier molecular flexibility index (Phi) is 4.98. The largest absolute Gasteiger partial charge is 0.469 e. The van der Waals surface area contributed by atoms with E-state index in [0.717, 1.165) is 5.57 Å². The molecular weight excluding hydrogens is 212 g/mol. The first-order valence-corrected chi connectivity index (χ1v) is 5.10. The fraction of sp³-hybridized carbons (Fsp3) is 0.636. The summed E-state index contributed by atoms with van der Waals surface area (Å²) in [5, 5.41) is 0. The van der Waals surface area contributed by atoms with Crippen molar-refractivity contribution in [2.75, 3.05) is 27.4 Å². The van der Waals surface area contributed by atoms with E-state index in [1.165, 1.54) is 14.2 Å². The van der Waals surface area contributed by atoms with Gasteiger partial charge in [0.2, 0.25) is 0 Å². The van der Waals surface area contributed by atoms with E-state index in [0.29, 0.717) is 19.6 Å². The van der Waals surface area contributed by atoms with Gasteiger partial charge >= 0.3 is 11.9 Å². The van der Waals surface area contributed by atoms with Crippen LogP contribution in [0.4, 0.5) is 0 Å². The molecule has 5 heteroatoms. The summed E-state index contributed by atoms with van der Waals surface area (Å²) in [5.74, 6) is -1.36. The Morgan fingerprint density at radius 1 is 1.44 bits per heavy atom. The second-order valence-electron chi connectivity index (χ2n) is 3.46. The third-order valence-electron chi connectivity index (χ3n) is 2.53. The van der Waals surface area contributed by atoms with Gasteiger partial charge in [-0.1, -0.05) is 11.6 Å². The lowest BCUT2D eigenvalue weighted by Gasteiger charge is -2.20. The molecule has 16 heavy (non-hydrogen) atoms. The minimum atomic E-state index is -0.540. The Hall–Kier alpha value is -1.36. The van der Waals surface area contributed by atoms with E-state index in [4.69, 9.17) is 4.74 Å². The molecule has 0 radical (unpaired) electrons. The number of ether oxygens (including phenoxy) is 3. The average Bonchev–Trinajstić information content (AvgIpc) is 2.35. The van der Waals surface area contributed by atoms with Gasteiger partial charge < -0.3 is 14.2 Å². The third-order valence-corrected chi connectivity index (χ3v) is 2.53. The molecule has 0 aliphatic carbocycles. The van der Waals surface area contributed by atoms with Crippen LogP contribution in [0.2, 0.25) is 0 Å². The van der Waals surface area contributed by atoms with Crippen molar-refractivity contribution in [3.63, 3.8) is 0 Å². The highest BCUT2D eigenvalue weighted by molar-refractivity contribution is 5.82. The Labute approximate surface area is 94.4 Å². The van der Waals surface area contributed by atoms with Crippen LogP contribution in [0.1, 0.15) is 12.8 Å². The number of carbonyl (C=O) groups excluding carboxylic acids is 2. The maximum absolute atomic E-state index is 11.6. The molecule has 0 fully saturated rings. The van der Waals surface area contributed by atoms with E-state index in [2.05, 4.69) is 9.47 Å². The quantitative estimate of drug-likeness (QED) is 0.523. The van der Waals surface area contributed by atoms with Crippen LogP contribution in [0.25, 0.3) is 0 Å². The third kappa shape index (κ3) is 3.34. The van der Waals surface area contributed by atoms with Crippen LogP contribution in [-0.4, -0.2) is 39.4 Å². The number of hydrogen-bond donors (Lipinski definition) is 0. The minimum absolute atomic E-state index is 0.0228. The Morgan fingerprint density at radius 2 is 2.19 bits per heavy atom. The molecule has 1 aliphatic rings. The first-order valence-electron chi connectivity index (χ1n) is 5.10. The van der Waals surface area contributed by atoms with Gasteiger partial charge in [-0.05, 0) is 6.42 Å². The molecule has 0 saturated carbocycles. The Balaban J connectivity index is 2.73. The lowest BCUT2D eigenvalue weighted by molar-refractivity contribution is -0.150. The van der Waals surface area contributed by atoms with Crippen molar-refractivity contribution < 1.29 is 23.8 Å². The zero-order valence-electron chi connectivity index (χ0n) is 9.52. The van der Waals surface area contributed by atoms with Gasteiger partial charge in [0.15, 0.2) is 0 Å². The first kappa shape index (κ1) is 12.7. The van der Waals surface area contributed by atoms with Crippen molar-refractivity contribution in [2.24, 2.45) is 5.92 Å². The topological polar surface area (TPSA) is 61.8 Å². The number of esters is 2. The van der Waals surface area contributed by atoms with E-state index in [9.17, 15) is 9.59 Å². The van der Waals surface area contributed by atoms with Crippen LogP contribution in [0.5, 0.6) is 0 Å². The van der Waals surface area contributed by atoms with Gasteiger partial charge in [0.05, 0.1) is 39.8 Å². The van der Waals surface area contributed by atoms with E-state index >= 15 is 0 Å². The van der Waals surface area contributed by atoms with E-state index in [1.54, 1.807) is 0 Å². The lowest BCUT2D eigenvalue weighted by Crippen LogP contribution is -2.25. The van der Waals surface area contributed by atoms with Crippen molar-refractivity contribution in [2.45, 2.75) is 12.8 Å². The summed E-state index contributed by atoms with van der Waals surface area (Å²) in [5.41, 5.74) is 0.892. The van der Waals surface area contributed by atoms with Crippen molar-refractivity contribution in [1.82, 2.24) is 0 Å². The summed E-state index contributed by atoms with van der Waals surface area (Å²) < 4.78 is 14.4. The van der Waals surface area contributed by atoms with Gasteiger partial charge in [-0.3, -0.25) is 9.59 Å². The van der Waals surface area contributed by atoms with E-state index in [1.807, 2.05) is 6.08 Å². The molecule has 90 valence electrons. The highest BCUT2D eigenvalue weighted by Crippen LogP contribution is 2.23. The molecule has 0 bridgehead atoms. The SMILES string of the molecule is COC(=O)C[C@@H](C(=O)OC)C1=CCOCC1. The molecule has 0 N–H and O–H groups in total. The minimum Gasteiger partial charge on any atom is -0.469 e. The van der Waals surface area contributed by atoms with Crippen LogP contribution in [-0.2, 0) is 23.8 Å². The zero-order valence-corrected chi connectivity index (χ0v) is 9.52. The highest BCUT2D eigenvalue weighted by atomic mass is 16.5. The second kappa shape index (κ2) is 6.27.